The number of carbonyl (C=O) groups excluding carboxylic acids is 1. The van der Waals surface area contributed by atoms with Gasteiger partial charge in [0.05, 0.1) is 11.8 Å². The van der Waals surface area contributed by atoms with Crippen LogP contribution in [0.3, 0.4) is 0 Å². The van der Waals surface area contributed by atoms with Gasteiger partial charge in [0, 0.05) is 12.6 Å². The first-order valence-electron chi connectivity index (χ1n) is 7.18. The molecular formula is C14H23NO3. The van der Waals surface area contributed by atoms with Gasteiger partial charge in [0.15, 0.2) is 0 Å². The maximum atomic E-state index is 12.5. The van der Waals surface area contributed by atoms with Gasteiger partial charge < -0.3 is 10.0 Å². The lowest BCUT2D eigenvalue weighted by molar-refractivity contribution is -0.149. The second kappa shape index (κ2) is 5.72. The molecule has 4 heteroatoms. The molecule has 1 N–H and O–H groups in total. The standard InChI is InChI=1S/C14H23NO3/c1-2-3-9-15(10-7-8-10)13(16)11-5-4-6-12(11)14(17)18/h10-12H,2-9H2,1H3,(H,17,18). The Balaban J connectivity index is 2.00. The monoisotopic (exact) mass is 253 g/mol. The molecule has 2 unspecified atom stereocenters. The number of hydrogen-bond acceptors (Lipinski definition) is 2. The zero-order valence-electron chi connectivity index (χ0n) is 11.1. The van der Waals surface area contributed by atoms with E-state index in [0.29, 0.717) is 12.5 Å². The molecular weight excluding hydrogens is 230 g/mol. The van der Waals surface area contributed by atoms with Crippen LogP contribution in [-0.2, 0) is 9.59 Å². The molecule has 2 fully saturated rings. The van der Waals surface area contributed by atoms with Crippen LogP contribution in [0.15, 0.2) is 0 Å². The van der Waals surface area contributed by atoms with Crippen LogP contribution in [-0.4, -0.2) is 34.5 Å². The van der Waals surface area contributed by atoms with Crippen molar-refractivity contribution in [1.29, 1.82) is 0 Å². The number of carboxylic acids is 1. The minimum Gasteiger partial charge on any atom is -0.481 e. The predicted molar refractivity (Wildman–Crippen MR) is 68.1 cm³/mol. The largest absolute Gasteiger partial charge is 0.481 e. The van der Waals surface area contributed by atoms with Crippen molar-refractivity contribution in [3.63, 3.8) is 0 Å². The quantitative estimate of drug-likeness (QED) is 0.790. The summed E-state index contributed by atoms with van der Waals surface area (Å²) >= 11 is 0. The lowest BCUT2D eigenvalue weighted by Gasteiger charge is -2.27. The number of carboxylic acid groups (broad SMARTS) is 1. The van der Waals surface area contributed by atoms with E-state index in [0.717, 1.165) is 45.1 Å². The molecule has 102 valence electrons. The zero-order valence-corrected chi connectivity index (χ0v) is 11.1. The normalized spacial score (nSPS) is 27.2. The highest BCUT2D eigenvalue weighted by Gasteiger charge is 2.42. The fourth-order valence-corrected chi connectivity index (χ4v) is 2.95. The summed E-state index contributed by atoms with van der Waals surface area (Å²) in [5, 5.41) is 9.17. The number of hydrogen-bond donors (Lipinski definition) is 1. The van der Waals surface area contributed by atoms with Crippen molar-refractivity contribution in [1.82, 2.24) is 4.90 Å². The van der Waals surface area contributed by atoms with Crippen LogP contribution in [0.1, 0.15) is 51.9 Å². The van der Waals surface area contributed by atoms with Crippen LogP contribution in [0.2, 0.25) is 0 Å². The van der Waals surface area contributed by atoms with Gasteiger partial charge >= 0.3 is 5.97 Å². The molecule has 0 heterocycles. The van der Waals surface area contributed by atoms with Crippen LogP contribution in [0.25, 0.3) is 0 Å². The van der Waals surface area contributed by atoms with E-state index in [1.165, 1.54) is 0 Å². The van der Waals surface area contributed by atoms with Gasteiger partial charge in [-0.1, -0.05) is 19.8 Å². The third-order valence-corrected chi connectivity index (χ3v) is 4.17. The summed E-state index contributed by atoms with van der Waals surface area (Å²) in [6, 6.07) is 0.402. The van der Waals surface area contributed by atoms with E-state index in [-0.39, 0.29) is 11.8 Å². The summed E-state index contributed by atoms with van der Waals surface area (Å²) in [5.74, 6) is -1.40. The van der Waals surface area contributed by atoms with E-state index in [1.807, 2.05) is 4.90 Å². The highest BCUT2D eigenvalue weighted by atomic mass is 16.4. The van der Waals surface area contributed by atoms with Gasteiger partial charge in [-0.15, -0.1) is 0 Å². The lowest BCUT2D eigenvalue weighted by Crippen LogP contribution is -2.41. The molecule has 0 aromatic carbocycles. The topological polar surface area (TPSA) is 57.6 Å². The summed E-state index contributed by atoms with van der Waals surface area (Å²) in [5.41, 5.74) is 0. The first-order chi connectivity index (χ1) is 8.65. The first kappa shape index (κ1) is 13.4. The van der Waals surface area contributed by atoms with E-state index < -0.39 is 11.9 Å². The second-order valence-electron chi connectivity index (χ2n) is 5.60. The minimum absolute atomic E-state index is 0.107. The summed E-state index contributed by atoms with van der Waals surface area (Å²) < 4.78 is 0. The number of carbonyl (C=O) groups is 2. The Labute approximate surface area is 108 Å². The van der Waals surface area contributed by atoms with Crippen molar-refractivity contribution in [2.75, 3.05) is 6.54 Å². The van der Waals surface area contributed by atoms with Crippen LogP contribution in [0.5, 0.6) is 0 Å². The Bertz CT molecular complexity index is 325. The van der Waals surface area contributed by atoms with Crippen molar-refractivity contribution in [2.45, 2.75) is 57.9 Å². The van der Waals surface area contributed by atoms with Crippen LogP contribution in [0.4, 0.5) is 0 Å². The summed E-state index contributed by atoms with van der Waals surface area (Å²) in [4.78, 5) is 25.6. The van der Waals surface area contributed by atoms with Gasteiger partial charge in [0.2, 0.25) is 5.91 Å². The Kier molecular flexibility index (Phi) is 4.25. The third kappa shape index (κ3) is 2.85. The number of rotatable bonds is 6. The highest BCUT2D eigenvalue weighted by Crippen LogP contribution is 2.36. The van der Waals surface area contributed by atoms with Crippen LogP contribution >= 0.6 is 0 Å². The van der Waals surface area contributed by atoms with Crippen molar-refractivity contribution in [2.24, 2.45) is 11.8 Å². The SMILES string of the molecule is CCCCN(C(=O)C1CCCC1C(=O)O)C1CC1. The summed E-state index contributed by atoms with van der Waals surface area (Å²) in [7, 11) is 0. The van der Waals surface area contributed by atoms with Crippen LogP contribution in [0, 0.1) is 11.8 Å². The molecule has 0 aromatic rings. The van der Waals surface area contributed by atoms with E-state index >= 15 is 0 Å². The summed E-state index contributed by atoms with van der Waals surface area (Å²) in [6.07, 6.45) is 6.58. The lowest BCUT2D eigenvalue weighted by atomic mass is 9.94. The minimum atomic E-state index is -0.794. The van der Waals surface area contributed by atoms with E-state index in [1.54, 1.807) is 0 Å². The van der Waals surface area contributed by atoms with Gasteiger partial charge in [-0.05, 0) is 32.1 Å². The molecule has 0 aliphatic heterocycles. The highest BCUT2D eigenvalue weighted by molar-refractivity contribution is 5.85. The number of amides is 1. The average Bonchev–Trinajstić information content (AvgIpc) is 3.05. The average molecular weight is 253 g/mol. The number of unbranched alkanes of at least 4 members (excludes halogenated alkanes) is 1. The smallest absolute Gasteiger partial charge is 0.307 e. The fourth-order valence-electron chi connectivity index (χ4n) is 2.95. The Morgan fingerprint density at radius 1 is 1.17 bits per heavy atom. The Hall–Kier alpha value is -1.06. The molecule has 1 amide bonds. The molecule has 2 aliphatic rings. The molecule has 4 nitrogen and oxygen atoms in total. The van der Waals surface area contributed by atoms with Crippen molar-refractivity contribution < 1.29 is 14.7 Å². The molecule has 2 aliphatic carbocycles. The molecule has 2 saturated carbocycles. The van der Waals surface area contributed by atoms with Gasteiger partial charge in [-0.2, -0.15) is 0 Å². The Morgan fingerprint density at radius 2 is 1.83 bits per heavy atom. The molecule has 2 atom stereocenters. The number of aliphatic carboxylic acids is 1. The number of nitrogens with zero attached hydrogens (tertiary/aromatic N) is 1. The Morgan fingerprint density at radius 3 is 2.39 bits per heavy atom. The molecule has 18 heavy (non-hydrogen) atoms. The maximum absolute atomic E-state index is 12.5. The van der Waals surface area contributed by atoms with E-state index in [9.17, 15) is 14.7 Å². The van der Waals surface area contributed by atoms with Crippen molar-refractivity contribution in [3.05, 3.63) is 0 Å². The predicted octanol–water partition coefficient (Wildman–Crippen LogP) is 2.28. The van der Waals surface area contributed by atoms with Crippen molar-refractivity contribution >= 4 is 11.9 Å². The molecule has 2 rings (SSSR count). The zero-order chi connectivity index (χ0) is 13.1. The molecule has 0 saturated heterocycles. The second-order valence-corrected chi connectivity index (χ2v) is 5.60. The third-order valence-electron chi connectivity index (χ3n) is 4.17. The van der Waals surface area contributed by atoms with E-state index in [2.05, 4.69) is 6.92 Å². The maximum Gasteiger partial charge on any atom is 0.307 e. The van der Waals surface area contributed by atoms with Crippen molar-refractivity contribution in [3.8, 4) is 0 Å². The van der Waals surface area contributed by atoms with Gasteiger partial charge in [-0.3, -0.25) is 9.59 Å². The van der Waals surface area contributed by atoms with Gasteiger partial charge in [0.1, 0.15) is 0 Å². The van der Waals surface area contributed by atoms with Gasteiger partial charge in [0.25, 0.3) is 0 Å². The van der Waals surface area contributed by atoms with Gasteiger partial charge in [-0.25, -0.2) is 0 Å². The molecule has 0 spiro atoms. The fraction of sp³-hybridized carbons (Fsp3) is 0.857. The molecule has 0 aromatic heterocycles. The summed E-state index contributed by atoms with van der Waals surface area (Å²) in [6.45, 7) is 2.92. The molecule has 0 bridgehead atoms. The molecule has 0 radical (unpaired) electrons. The first-order valence-corrected chi connectivity index (χ1v) is 7.18. The van der Waals surface area contributed by atoms with E-state index in [4.69, 9.17) is 0 Å². The van der Waals surface area contributed by atoms with Crippen LogP contribution < -0.4 is 0 Å².